The zero-order chi connectivity index (χ0) is 9.14. The quantitative estimate of drug-likeness (QED) is 0.675. The molecule has 72 valence electrons. The van der Waals surface area contributed by atoms with Gasteiger partial charge in [-0.15, -0.1) is 0 Å². The first-order valence-electron chi connectivity index (χ1n) is 5.14. The number of hydrogen-bond donors (Lipinski definition) is 1. The molecule has 0 bridgehead atoms. The van der Waals surface area contributed by atoms with Crippen molar-refractivity contribution in [1.29, 1.82) is 0 Å². The van der Waals surface area contributed by atoms with E-state index in [1.165, 1.54) is 13.0 Å². The molecule has 0 unspecified atom stereocenters. The molecule has 0 radical (unpaired) electrons. The highest BCUT2D eigenvalue weighted by Crippen LogP contribution is 2.11. The normalized spacial score (nSPS) is 32.8. The summed E-state index contributed by atoms with van der Waals surface area (Å²) in [5.41, 5.74) is 0. The molecule has 0 aromatic carbocycles. The molecule has 1 saturated heterocycles. The minimum atomic E-state index is 0.691. The first-order chi connectivity index (χ1) is 5.65. The van der Waals surface area contributed by atoms with Crippen molar-refractivity contribution in [3.63, 3.8) is 0 Å². The van der Waals surface area contributed by atoms with Crippen LogP contribution in [0.5, 0.6) is 0 Å². The van der Waals surface area contributed by atoms with Gasteiger partial charge in [-0.1, -0.05) is 6.92 Å². The third kappa shape index (κ3) is 2.20. The van der Waals surface area contributed by atoms with Gasteiger partial charge < -0.3 is 5.32 Å². The van der Waals surface area contributed by atoms with Crippen molar-refractivity contribution in [2.45, 2.75) is 52.2 Å². The molecule has 2 atom stereocenters. The molecule has 0 aromatic heterocycles. The van der Waals surface area contributed by atoms with Crippen LogP contribution in [0.15, 0.2) is 0 Å². The van der Waals surface area contributed by atoms with Crippen LogP contribution in [0.4, 0.5) is 0 Å². The van der Waals surface area contributed by atoms with Crippen LogP contribution in [-0.2, 0) is 0 Å². The van der Waals surface area contributed by atoms with Crippen LogP contribution in [-0.4, -0.2) is 36.1 Å². The summed E-state index contributed by atoms with van der Waals surface area (Å²) in [5.74, 6) is 0. The van der Waals surface area contributed by atoms with Crippen molar-refractivity contribution in [1.82, 2.24) is 10.2 Å². The Bertz CT molecular complexity index is 134. The van der Waals surface area contributed by atoms with Crippen LogP contribution in [0.25, 0.3) is 0 Å². The van der Waals surface area contributed by atoms with Crippen LogP contribution < -0.4 is 5.32 Å². The lowest BCUT2D eigenvalue weighted by Crippen LogP contribution is -2.57. The third-order valence-electron chi connectivity index (χ3n) is 2.86. The summed E-state index contributed by atoms with van der Waals surface area (Å²) in [6.07, 6.45) is 1.25. The molecule has 1 rings (SSSR count). The summed E-state index contributed by atoms with van der Waals surface area (Å²) in [5, 5.41) is 3.56. The lowest BCUT2D eigenvalue weighted by atomic mass is 10.1. The van der Waals surface area contributed by atoms with E-state index < -0.39 is 0 Å². The average Bonchev–Trinajstić information content (AvgIpc) is 2.05. The first-order valence-corrected chi connectivity index (χ1v) is 5.14. The van der Waals surface area contributed by atoms with Crippen molar-refractivity contribution < 1.29 is 0 Å². The molecule has 0 aromatic rings. The van der Waals surface area contributed by atoms with E-state index in [9.17, 15) is 0 Å². The van der Waals surface area contributed by atoms with Crippen molar-refractivity contribution in [2.75, 3.05) is 13.1 Å². The average molecular weight is 170 g/mol. The maximum absolute atomic E-state index is 3.56. The molecular formula is C10H22N2. The van der Waals surface area contributed by atoms with Crippen LogP contribution >= 0.6 is 0 Å². The molecule has 1 N–H and O–H groups in total. The van der Waals surface area contributed by atoms with Crippen molar-refractivity contribution in [3.8, 4) is 0 Å². The van der Waals surface area contributed by atoms with Gasteiger partial charge in [-0.05, 0) is 27.2 Å². The van der Waals surface area contributed by atoms with E-state index in [2.05, 4.69) is 37.9 Å². The number of nitrogens with one attached hydrogen (secondary N) is 1. The standard InChI is InChI=1S/C10H22N2/c1-5-10-7-12(8(2)3)9(4)6-11-10/h8-11H,5-7H2,1-4H3/t9-,10+/m0/s1. The number of piperazine rings is 1. The highest BCUT2D eigenvalue weighted by molar-refractivity contribution is 4.84. The Morgan fingerprint density at radius 1 is 1.50 bits per heavy atom. The maximum atomic E-state index is 3.56. The molecule has 0 saturated carbocycles. The van der Waals surface area contributed by atoms with E-state index in [-0.39, 0.29) is 0 Å². The van der Waals surface area contributed by atoms with Gasteiger partial charge in [0, 0.05) is 31.2 Å². The van der Waals surface area contributed by atoms with Gasteiger partial charge in [0.25, 0.3) is 0 Å². The predicted octanol–water partition coefficient (Wildman–Crippen LogP) is 1.47. The van der Waals surface area contributed by atoms with Gasteiger partial charge in [-0.2, -0.15) is 0 Å². The molecular weight excluding hydrogens is 148 g/mol. The summed E-state index contributed by atoms with van der Waals surface area (Å²) < 4.78 is 0. The summed E-state index contributed by atoms with van der Waals surface area (Å²) in [4.78, 5) is 2.59. The lowest BCUT2D eigenvalue weighted by Gasteiger charge is -2.41. The molecule has 1 aliphatic rings. The fraction of sp³-hybridized carbons (Fsp3) is 1.00. The Morgan fingerprint density at radius 3 is 2.67 bits per heavy atom. The highest BCUT2D eigenvalue weighted by Gasteiger charge is 2.25. The van der Waals surface area contributed by atoms with Gasteiger partial charge in [0.1, 0.15) is 0 Å². The van der Waals surface area contributed by atoms with E-state index in [1.54, 1.807) is 0 Å². The molecule has 1 aliphatic heterocycles. The molecule has 0 spiro atoms. The van der Waals surface area contributed by atoms with E-state index >= 15 is 0 Å². The Kier molecular flexibility index (Phi) is 3.53. The maximum Gasteiger partial charge on any atom is 0.0195 e. The zero-order valence-corrected chi connectivity index (χ0v) is 8.80. The summed E-state index contributed by atoms with van der Waals surface area (Å²) in [6, 6.07) is 2.10. The molecule has 1 fully saturated rings. The van der Waals surface area contributed by atoms with E-state index in [4.69, 9.17) is 0 Å². The van der Waals surface area contributed by atoms with Crippen LogP contribution in [0.1, 0.15) is 34.1 Å². The molecule has 2 nitrogen and oxygen atoms in total. The first kappa shape index (κ1) is 10.0. The van der Waals surface area contributed by atoms with Gasteiger partial charge in [-0.25, -0.2) is 0 Å². The smallest absolute Gasteiger partial charge is 0.0195 e. The van der Waals surface area contributed by atoms with Gasteiger partial charge in [0.2, 0.25) is 0 Å². The minimum absolute atomic E-state index is 0.691. The van der Waals surface area contributed by atoms with Gasteiger partial charge >= 0.3 is 0 Å². The second kappa shape index (κ2) is 4.24. The SMILES string of the molecule is CC[C@@H]1CN(C(C)C)[C@@H](C)CN1. The van der Waals surface area contributed by atoms with Crippen LogP contribution in [0.2, 0.25) is 0 Å². The highest BCUT2D eigenvalue weighted by atomic mass is 15.2. The second-order valence-electron chi connectivity index (χ2n) is 4.15. The summed E-state index contributed by atoms with van der Waals surface area (Å²) in [7, 11) is 0. The molecule has 1 heterocycles. The Balaban J connectivity index is 2.47. The van der Waals surface area contributed by atoms with Crippen molar-refractivity contribution in [3.05, 3.63) is 0 Å². The molecule has 0 aliphatic carbocycles. The topological polar surface area (TPSA) is 15.3 Å². The van der Waals surface area contributed by atoms with Crippen molar-refractivity contribution in [2.24, 2.45) is 0 Å². The van der Waals surface area contributed by atoms with Crippen LogP contribution in [0, 0.1) is 0 Å². The van der Waals surface area contributed by atoms with E-state index in [0.29, 0.717) is 18.1 Å². The van der Waals surface area contributed by atoms with E-state index in [1.807, 2.05) is 0 Å². The largest absolute Gasteiger partial charge is 0.311 e. The Labute approximate surface area is 76.3 Å². The van der Waals surface area contributed by atoms with Gasteiger partial charge in [-0.3, -0.25) is 4.90 Å². The molecule has 2 heteroatoms. The predicted molar refractivity (Wildman–Crippen MR) is 53.4 cm³/mol. The number of nitrogens with zero attached hydrogens (tertiary/aromatic N) is 1. The monoisotopic (exact) mass is 170 g/mol. The summed E-state index contributed by atoms with van der Waals surface area (Å²) >= 11 is 0. The fourth-order valence-corrected chi connectivity index (χ4v) is 1.95. The zero-order valence-electron chi connectivity index (χ0n) is 8.80. The minimum Gasteiger partial charge on any atom is -0.311 e. The number of hydrogen-bond acceptors (Lipinski definition) is 2. The summed E-state index contributed by atoms with van der Waals surface area (Å²) in [6.45, 7) is 11.5. The Hall–Kier alpha value is -0.0800. The lowest BCUT2D eigenvalue weighted by molar-refractivity contribution is 0.106. The van der Waals surface area contributed by atoms with Crippen molar-refractivity contribution >= 4 is 0 Å². The Morgan fingerprint density at radius 2 is 2.17 bits per heavy atom. The van der Waals surface area contributed by atoms with Gasteiger partial charge in [0.15, 0.2) is 0 Å². The van der Waals surface area contributed by atoms with Gasteiger partial charge in [0.05, 0.1) is 0 Å². The number of rotatable bonds is 2. The molecule has 0 amide bonds. The fourth-order valence-electron chi connectivity index (χ4n) is 1.95. The second-order valence-corrected chi connectivity index (χ2v) is 4.15. The molecule has 12 heavy (non-hydrogen) atoms. The third-order valence-corrected chi connectivity index (χ3v) is 2.86. The van der Waals surface area contributed by atoms with Crippen LogP contribution in [0.3, 0.4) is 0 Å². The van der Waals surface area contributed by atoms with E-state index in [0.717, 1.165) is 6.54 Å².